The lowest BCUT2D eigenvalue weighted by atomic mass is 9.98. The van der Waals surface area contributed by atoms with Crippen molar-refractivity contribution in [1.29, 1.82) is 0 Å². The maximum Gasteiger partial charge on any atom is 0.227 e. The van der Waals surface area contributed by atoms with Gasteiger partial charge in [0.15, 0.2) is 5.82 Å². The molecule has 5 rings (SSSR count). The SMILES string of the molecule is O=C(C1CCc2ncnn2C1)N1CCc2nc(CCc3ccccc3)nn2CC1. The minimum atomic E-state index is -0.0102. The molecular formula is C21H25N7O. The Labute approximate surface area is 169 Å². The molecule has 1 atom stereocenters. The smallest absolute Gasteiger partial charge is 0.227 e. The highest BCUT2D eigenvalue weighted by molar-refractivity contribution is 5.79. The molecule has 0 bridgehead atoms. The van der Waals surface area contributed by atoms with E-state index in [1.165, 1.54) is 5.56 Å². The van der Waals surface area contributed by atoms with E-state index in [0.29, 0.717) is 26.2 Å². The molecule has 0 radical (unpaired) electrons. The van der Waals surface area contributed by atoms with Crippen molar-refractivity contribution in [3.05, 3.63) is 59.7 Å². The molecule has 3 aromatic rings. The summed E-state index contributed by atoms with van der Waals surface area (Å²) in [7, 11) is 0. The van der Waals surface area contributed by atoms with Crippen LogP contribution in [0.4, 0.5) is 0 Å². The fraction of sp³-hybridized carbons (Fsp3) is 0.476. The third-order valence-corrected chi connectivity index (χ3v) is 5.93. The third-order valence-electron chi connectivity index (χ3n) is 5.93. The van der Waals surface area contributed by atoms with Gasteiger partial charge in [0.05, 0.1) is 19.0 Å². The predicted octanol–water partition coefficient (Wildman–Crippen LogP) is 1.30. The molecule has 0 aliphatic carbocycles. The number of hydrogen-bond donors (Lipinski definition) is 0. The number of aryl methyl sites for hydroxylation is 3. The number of carbonyl (C=O) groups is 1. The topological polar surface area (TPSA) is 81.7 Å². The van der Waals surface area contributed by atoms with Crippen molar-refractivity contribution in [1.82, 2.24) is 34.4 Å². The van der Waals surface area contributed by atoms with Crippen molar-refractivity contribution in [3.8, 4) is 0 Å². The molecule has 0 fully saturated rings. The van der Waals surface area contributed by atoms with Crippen LogP contribution in [0.25, 0.3) is 0 Å². The molecule has 1 amide bonds. The van der Waals surface area contributed by atoms with Gasteiger partial charge in [0.2, 0.25) is 5.91 Å². The maximum absolute atomic E-state index is 13.1. The fourth-order valence-corrected chi connectivity index (χ4v) is 4.28. The van der Waals surface area contributed by atoms with Gasteiger partial charge in [-0.1, -0.05) is 30.3 Å². The molecule has 0 N–H and O–H groups in total. The van der Waals surface area contributed by atoms with Gasteiger partial charge in [-0.3, -0.25) is 4.79 Å². The van der Waals surface area contributed by atoms with Crippen molar-refractivity contribution in [3.63, 3.8) is 0 Å². The van der Waals surface area contributed by atoms with Crippen LogP contribution in [-0.2, 0) is 43.6 Å². The van der Waals surface area contributed by atoms with Crippen LogP contribution in [0.1, 0.15) is 29.5 Å². The number of fused-ring (bicyclic) bond motifs is 2. The molecule has 8 heteroatoms. The van der Waals surface area contributed by atoms with Gasteiger partial charge >= 0.3 is 0 Å². The van der Waals surface area contributed by atoms with E-state index in [1.807, 2.05) is 20.3 Å². The van der Waals surface area contributed by atoms with Crippen molar-refractivity contribution in [2.24, 2.45) is 5.92 Å². The molecule has 2 aliphatic rings. The standard InChI is InChI=1S/C21H25N7O/c29-21(17-7-9-19-22-15-23-28(19)14-17)26-11-10-20-24-18(25-27(20)13-12-26)8-6-16-4-2-1-3-5-16/h1-5,15,17H,6-14H2. The molecule has 4 heterocycles. The first kappa shape index (κ1) is 18.0. The second-order valence-electron chi connectivity index (χ2n) is 7.82. The van der Waals surface area contributed by atoms with Gasteiger partial charge in [-0.2, -0.15) is 10.2 Å². The van der Waals surface area contributed by atoms with E-state index < -0.39 is 0 Å². The van der Waals surface area contributed by atoms with E-state index in [-0.39, 0.29) is 11.8 Å². The summed E-state index contributed by atoms with van der Waals surface area (Å²) in [6.07, 6.45) is 5.79. The van der Waals surface area contributed by atoms with Gasteiger partial charge in [-0.15, -0.1) is 0 Å². The van der Waals surface area contributed by atoms with Gasteiger partial charge < -0.3 is 4.90 Å². The normalized spacial score (nSPS) is 18.8. The lowest BCUT2D eigenvalue weighted by Crippen LogP contribution is -2.41. The minimum Gasteiger partial charge on any atom is -0.340 e. The predicted molar refractivity (Wildman–Crippen MR) is 106 cm³/mol. The molecule has 1 aromatic carbocycles. The van der Waals surface area contributed by atoms with Crippen LogP contribution in [0, 0.1) is 5.92 Å². The van der Waals surface area contributed by atoms with E-state index in [4.69, 9.17) is 10.1 Å². The van der Waals surface area contributed by atoms with E-state index in [0.717, 1.165) is 49.6 Å². The number of nitrogens with zero attached hydrogens (tertiary/aromatic N) is 7. The average Bonchev–Trinajstić information content (AvgIpc) is 3.34. The summed E-state index contributed by atoms with van der Waals surface area (Å²) < 4.78 is 3.86. The first-order valence-electron chi connectivity index (χ1n) is 10.4. The fourth-order valence-electron chi connectivity index (χ4n) is 4.28. The molecule has 2 aliphatic heterocycles. The van der Waals surface area contributed by atoms with Gasteiger partial charge in [0.1, 0.15) is 18.0 Å². The Morgan fingerprint density at radius 2 is 1.90 bits per heavy atom. The Morgan fingerprint density at radius 3 is 2.79 bits per heavy atom. The summed E-state index contributed by atoms with van der Waals surface area (Å²) in [5.41, 5.74) is 1.30. The Morgan fingerprint density at radius 1 is 1.00 bits per heavy atom. The van der Waals surface area contributed by atoms with Crippen LogP contribution >= 0.6 is 0 Å². The first-order valence-corrected chi connectivity index (χ1v) is 10.4. The van der Waals surface area contributed by atoms with Gasteiger partial charge in [0, 0.05) is 32.4 Å². The number of hydrogen-bond acceptors (Lipinski definition) is 5. The zero-order valence-electron chi connectivity index (χ0n) is 16.4. The second kappa shape index (κ2) is 7.77. The van der Waals surface area contributed by atoms with Gasteiger partial charge in [-0.05, 0) is 18.4 Å². The summed E-state index contributed by atoms with van der Waals surface area (Å²) in [5, 5.41) is 8.94. The largest absolute Gasteiger partial charge is 0.340 e. The summed E-state index contributed by atoms with van der Waals surface area (Å²) in [4.78, 5) is 24.0. The summed E-state index contributed by atoms with van der Waals surface area (Å²) >= 11 is 0. The van der Waals surface area contributed by atoms with Crippen LogP contribution in [0.3, 0.4) is 0 Å². The zero-order chi connectivity index (χ0) is 19.6. The van der Waals surface area contributed by atoms with Crippen molar-refractivity contribution in [2.45, 2.75) is 45.2 Å². The highest BCUT2D eigenvalue weighted by Gasteiger charge is 2.30. The van der Waals surface area contributed by atoms with Gasteiger partial charge in [-0.25, -0.2) is 19.3 Å². The average molecular weight is 391 g/mol. The molecule has 2 aromatic heterocycles. The number of aromatic nitrogens is 6. The number of carbonyl (C=O) groups excluding carboxylic acids is 1. The monoisotopic (exact) mass is 391 g/mol. The van der Waals surface area contributed by atoms with E-state index >= 15 is 0 Å². The second-order valence-corrected chi connectivity index (χ2v) is 7.82. The Balaban J connectivity index is 1.19. The molecule has 0 saturated carbocycles. The molecule has 0 spiro atoms. The Hall–Kier alpha value is -3.03. The van der Waals surface area contributed by atoms with Crippen LogP contribution in [-0.4, -0.2) is 53.4 Å². The van der Waals surface area contributed by atoms with E-state index in [9.17, 15) is 4.79 Å². The van der Waals surface area contributed by atoms with Crippen LogP contribution in [0.5, 0.6) is 0 Å². The molecule has 150 valence electrons. The lowest BCUT2D eigenvalue weighted by molar-refractivity contribution is -0.136. The number of rotatable bonds is 4. The van der Waals surface area contributed by atoms with E-state index in [1.54, 1.807) is 6.33 Å². The number of benzene rings is 1. The molecule has 1 unspecified atom stereocenters. The van der Waals surface area contributed by atoms with Crippen LogP contribution in [0.2, 0.25) is 0 Å². The number of amides is 1. The first-order chi connectivity index (χ1) is 14.3. The van der Waals surface area contributed by atoms with Crippen molar-refractivity contribution >= 4 is 5.91 Å². The molecule has 0 saturated heterocycles. The van der Waals surface area contributed by atoms with Gasteiger partial charge in [0.25, 0.3) is 0 Å². The minimum absolute atomic E-state index is 0.0102. The summed E-state index contributed by atoms with van der Waals surface area (Å²) in [6, 6.07) is 10.4. The highest BCUT2D eigenvalue weighted by atomic mass is 16.2. The molecule has 8 nitrogen and oxygen atoms in total. The molecule has 29 heavy (non-hydrogen) atoms. The lowest BCUT2D eigenvalue weighted by Gasteiger charge is -2.28. The third kappa shape index (κ3) is 3.79. The zero-order valence-corrected chi connectivity index (χ0v) is 16.4. The highest BCUT2D eigenvalue weighted by Crippen LogP contribution is 2.21. The van der Waals surface area contributed by atoms with Crippen molar-refractivity contribution in [2.75, 3.05) is 13.1 Å². The van der Waals surface area contributed by atoms with E-state index in [2.05, 4.69) is 34.3 Å². The van der Waals surface area contributed by atoms with Crippen LogP contribution in [0.15, 0.2) is 36.7 Å². The quantitative estimate of drug-likeness (QED) is 0.670. The maximum atomic E-state index is 13.1. The summed E-state index contributed by atoms with van der Waals surface area (Å²) in [6.45, 7) is 2.74. The van der Waals surface area contributed by atoms with Crippen molar-refractivity contribution < 1.29 is 4.79 Å². The Bertz CT molecular complexity index is 968. The molecular weight excluding hydrogens is 366 g/mol. The summed E-state index contributed by atoms with van der Waals surface area (Å²) in [5.74, 6) is 3.09. The van der Waals surface area contributed by atoms with Crippen LogP contribution < -0.4 is 0 Å². The Kier molecular flexibility index (Phi) is 4.83.